The van der Waals surface area contributed by atoms with Crippen molar-refractivity contribution in [3.63, 3.8) is 0 Å². The van der Waals surface area contributed by atoms with E-state index in [-0.39, 0.29) is 17.9 Å². The largest absolute Gasteiger partial charge is 0.393 e. The Morgan fingerprint density at radius 1 is 1.13 bits per heavy atom. The van der Waals surface area contributed by atoms with Crippen molar-refractivity contribution in [2.45, 2.75) is 32.1 Å². The summed E-state index contributed by atoms with van der Waals surface area (Å²) in [5.41, 5.74) is 0. The minimum atomic E-state index is -0.349. The summed E-state index contributed by atoms with van der Waals surface area (Å²) in [5, 5.41) is 0. The van der Waals surface area contributed by atoms with Crippen LogP contribution >= 0.6 is 0 Å². The minimum Gasteiger partial charge on any atom is -0.393 e. The molecule has 0 aromatic heterocycles. The second kappa shape index (κ2) is 4.75. The summed E-state index contributed by atoms with van der Waals surface area (Å²) in [7, 11) is 0. The number of hydrogen-bond acceptors (Lipinski definition) is 4. The molecular weight excluding hydrogens is 194 g/mol. The molecule has 2 saturated heterocycles. The number of cyclic esters (lactones) is 2. The lowest BCUT2D eigenvalue weighted by molar-refractivity contribution is -0.165. The molecule has 0 aromatic rings. The highest BCUT2D eigenvalue weighted by molar-refractivity contribution is 5.88. The number of carbonyl (C=O) groups is 2. The fraction of sp³-hybridized carbons (Fsp3) is 0.818. The molecule has 0 amide bonds. The average Bonchev–Trinajstić information content (AvgIpc) is 2.65. The molecule has 0 unspecified atom stereocenters. The van der Waals surface area contributed by atoms with Gasteiger partial charge in [-0.25, -0.2) is 0 Å². The van der Waals surface area contributed by atoms with Crippen LogP contribution in [-0.4, -0.2) is 36.5 Å². The highest BCUT2D eigenvalue weighted by atomic mass is 16.6. The van der Waals surface area contributed by atoms with Crippen molar-refractivity contribution >= 4 is 11.9 Å². The molecule has 84 valence electrons. The zero-order chi connectivity index (χ0) is 10.7. The van der Waals surface area contributed by atoms with E-state index < -0.39 is 0 Å². The van der Waals surface area contributed by atoms with E-state index in [1.807, 2.05) is 0 Å². The molecule has 0 aromatic carbocycles. The molecule has 4 heteroatoms. The zero-order valence-electron chi connectivity index (χ0n) is 8.91. The monoisotopic (exact) mass is 211 g/mol. The number of likely N-dealkylation sites (tertiary alicyclic amines) is 1. The van der Waals surface area contributed by atoms with Gasteiger partial charge in [-0.05, 0) is 44.8 Å². The van der Waals surface area contributed by atoms with E-state index in [2.05, 4.69) is 9.64 Å². The second-order valence-corrected chi connectivity index (χ2v) is 4.46. The van der Waals surface area contributed by atoms with Gasteiger partial charge in [0.1, 0.15) is 0 Å². The second-order valence-electron chi connectivity index (χ2n) is 4.46. The van der Waals surface area contributed by atoms with Crippen LogP contribution in [0.25, 0.3) is 0 Å². The van der Waals surface area contributed by atoms with E-state index in [1.54, 1.807) is 0 Å². The maximum atomic E-state index is 11.0. The summed E-state index contributed by atoms with van der Waals surface area (Å²) in [6.07, 6.45) is 4.34. The highest BCUT2D eigenvalue weighted by Gasteiger charge is 2.27. The van der Waals surface area contributed by atoms with Gasteiger partial charge in [-0.1, -0.05) is 0 Å². The molecule has 15 heavy (non-hydrogen) atoms. The van der Waals surface area contributed by atoms with Crippen LogP contribution in [0.5, 0.6) is 0 Å². The summed E-state index contributed by atoms with van der Waals surface area (Å²) in [6, 6.07) is 0. The smallest absolute Gasteiger partial charge is 0.313 e. The Kier molecular flexibility index (Phi) is 3.36. The van der Waals surface area contributed by atoms with Crippen LogP contribution in [0.3, 0.4) is 0 Å². The fourth-order valence-corrected chi connectivity index (χ4v) is 2.33. The Morgan fingerprint density at radius 2 is 1.73 bits per heavy atom. The number of esters is 2. The molecule has 2 aliphatic rings. The maximum absolute atomic E-state index is 11.0. The normalized spacial score (nSPS) is 24.5. The summed E-state index contributed by atoms with van der Waals surface area (Å²) >= 11 is 0. The predicted octanol–water partition coefficient (Wildman–Crippen LogP) is 0.952. The van der Waals surface area contributed by atoms with E-state index in [0.29, 0.717) is 12.8 Å². The van der Waals surface area contributed by atoms with Crippen LogP contribution in [0.15, 0.2) is 0 Å². The topological polar surface area (TPSA) is 46.6 Å². The van der Waals surface area contributed by atoms with Gasteiger partial charge in [-0.3, -0.25) is 9.59 Å². The van der Waals surface area contributed by atoms with E-state index >= 15 is 0 Å². The standard InChI is InChI=1S/C11H17NO3/c13-10-7-9(8-11(14)15-10)3-6-12-4-1-2-5-12/h9H,1-8H2. The number of rotatable bonds is 3. The third kappa shape index (κ3) is 3.02. The van der Waals surface area contributed by atoms with Crippen LogP contribution in [0.1, 0.15) is 32.1 Å². The quantitative estimate of drug-likeness (QED) is 0.515. The molecule has 0 aliphatic carbocycles. The molecule has 0 atom stereocenters. The van der Waals surface area contributed by atoms with E-state index in [0.717, 1.165) is 13.0 Å². The van der Waals surface area contributed by atoms with Gasteiger partial charge in [0, 0.05) is 12.8 Å². The summed E-state index contributed by atoms with van der Waals surface area (Å²) in [4.78, 5) is 24.5. The first-order chi connectivity index (χ1) is 7.24. The predicted molar refractivity (Wildman–Crippen MR) is 54.1 cm³/mol. The van der Waals surface area contributed by atoms with E-state index in [4.69, 9.17) is 0 Å². The Bertz CT molecular complexity index is 243. The summed E-state index contributed by atoms with van der Waals surface area (Å²) in [5.74, 6) is -0.491. The van der Waals surface area contributed by atoms with Crippen molar-refractivity contribution in [2.24, 2.45) is 5.92 Å². The summed E-state index contributed by atoms with van der Waals surface area (Å²) in [6.45, 7) is 3.36. The minimum absolute atomic E-state index is 0.208. The van der Waals surface area contributed by atoms with Gasteiger partial charge in [0.05, 0.1) is 0 Å². The highest BCUT2D eigenvalue weighted by Crippen LogP contribution is 2.21. The van der Waals surface area contributed by atoms with Gasteiger partial charge in [0.15, 0.2) is 0 Å². The lowest BCUT2D eigenvalue weighted by Gasteiger charge is -2.22. The Labute approximate surface area is 89.6 Å². The van der Waals surface area contributed by atoms with Gasteiger partial charge in [-0.2, -0.15) is 0 Å². The van der Waals surface area contributed by atoms with Crippen molar-refractivity contribution in [1.29, 1.82) is 0 Å². The van der Waals surface area contributed by atoms with Crippen molar-refractivity contribution in [2.75, 3.05) is 19.6 Å². The number of hydrogen-bond donors (Lipinski definition) is 0. The van der Waals surface area contributed by atoms with Crippen molar-refractivity contribution < 1.29 is 14.3 Å². The van der Waals surface area contributed by atoms with Gasteiger partial charge < -0.3 is 9.64 Å². The van der Waals surface area contributed by atoms with Crippen molar-refractivity contribution in [1.82, 2.24) is 4.90 Å². The zero-order valence-corrected chi connectivity index (χ0v) is 8.91. The van der Waals surface area contributed by atoms with Crippen LogP contribution < -0.4 is 0 Å². The van der Waals surface area contributed by atoms with Gasteiger partial charge >= 0.3 is 11.9 Å². The molecule has 2 fully saturated rings. The Morgan fingerprint density at radius 3 is 2.33 bits per heavy atom. The SMILES string of the molecule is O=C1CC(CCN2CCCC2)CC(=O)O1. The molecule has 2 aliphatic heterocycles. The maximum Gasteiger partial charge on any atom is 0.313 e. The molecule has 4 nitrogen and oxygen atoms in total. The Hall–Kier alpha value is -0.900. The lowest BCUT2D eigenvalue weighted by atomic mass is 9.95. The van der Waals surface area contributed by atoms with Crippen molar-refractivity contribution in [3.05, 3.63) is 0 Å². The third-order valence-corrected chi connectivity index (χ3v) is 3.19. The number of nitrogens with zero attached hydrogens (tertiary/aromatic N) is 1. The van der Waals surface area contributed by atoms with Crippen LogP contribution in [0.2, 0.25) is 0 Å². The van der Waals surface area contributed by atoms with Crippen molar-refractivity contribution in [3.8, 4) is 0 Å². The van der Waals surface area contributed by atoms with Gasteiger partial charge in [0.2, 0.25) is 0 Å². The van der Waals surface area contributed by atoms with E-state index in [9.17, 15) is 9.59 Å². The average molecular weight is 211 g/mol. The molecule has 0 spiro atoms. The first kappa shape index (κ1) is 10.6. The number of ether oxygens (including phenoxy) is 1. The first-order valence-electron chi connectivity index (χ1n) is 5.70. The number of carbonyl (C=O) groups excluding carboxylic acids is 2. The molecule has 0 bridgehead atoms. The molecule has 2 heterocycles. The van der Waals surface area contributed by atoms with Gasteiger partial charge in [0.25, 0.3) is 0 Å². The first-order valence-corrected chi connectivity index (χ1v) is 5.70. The van der Waals surface area contributed by atoms with Crippen LogP contribution in [0.4, 0.5) is 0 Å². The summed E-state index contributed by atoms with van der Waals surface area (Å²) < 4.78 is 4.50. The Balaban J connectivity index is 1.73. The van der Waals surface area contributed by atoms with E-state index in [1.165, 1.54) is 25.9 Å². The third-order valence-electron chi connectivity index (χ3n) is 3.19. The van der Waals surface area contributed by atoms with Gasteiger partial charge in [-0.15, -0.1) is 0 Å². The molecule has 0 radical (unpaired) electrons. The lowest BCUT2D eigenvalue weighted by Crippen LogP contribution is -2.29. The molecule has 0 N–H and O–H groups in total. The van der Waals surface area contributed by atoms with Crippen LogP contribution in [-0.2, 0) is 14.3 Å². The molecular formula is C11H17NO3. The molecule has 2 rings (SSSR count). The fourth-order valence-electron chi connectivity index (χ4n) is 2.33. The van der Waals surface area contributed by atoms with Crippen LogP contribution in [0, 0.1) is 5.92 Å². The molecule has 0 saturated carbocycles.